The van der Waals surface area contributed by atoms with E-state index in [-0.39, 0.29) is 5.54 Å². The highest BCUT2D eigenvalue weighted by atomic mass is 35.5. The van der Waals surface area contributed by atoms with E-state index in [0.29, 0.717) is 5.02 Å². The van der Waals surface area contributed by atoms with Crippen molar-refractivity contribution in [1.29, 1.82) is 0 Å². The molecule has 0 aliphatic rings. The van der Waals surface area contributed by atoms with E-state index >= 15 is 0 Å². The standard InChI is InChI=1S/C13H16ClN3/c1-13(2,3)17-16-11-6-7-15-12-8-9(14)4-5-10(11)12/h4-8,17H,1-3H3,(H,15,16). The maximum absolute atomic E-state index is 5.94. The summed E-state index contributed by atoms with van der Waals surface area (Å²) in [6, 6.07) is 7.64. The lowest BCUT2D eigenvalue weighted by molar-refractivity contribution is 0.466. The average Bonchev–Trinajstić information content (AvgIpc) is 2.24. The van der Waals surface area contributed by atoms with Gasteiger partial charge in [-0.3, -0.25) is 4.98 Å². The Bertz CT molecular complexity index is 532. The van der Waals surface area contributed by atoms with Crippen LogP contribution in [0, 0.1) is 0 Å². The number of nitrogens with one attached hydrogen (secondary N) is 2. The third-order valence-corrected chi connectivity index (χ3v) is 2.51. The molecule has 1 aromatic carbocycles. The number of pyridine rings is 1. The smallest absolute Gasteiger partial charge is 0.0738 e. The molecule has 17 heavy (non-hydrogen) atoms. The average molecular weight is 250 g/mol. The molecule has 0 amide bonds. The van der Waals surface area contributed by atoms with Crippen LogP contribution in [0.4, 0.5) is 5.69 Å². The van der Waals surface area contributed by atoms with Gasteiger partial charge in [-0.1, -0.05) is 11.6 Å². The van der Waals surface area contributed by atoms with Crippen LogP contribution in [0.25, 0.3) is 10.9 Å². The SMILES string of the molecule is CC(C)(C)NNc1ccnc2cc(Cl)ccc12. The molecule has 0 atom stereocenters. The molecule has 2 rings (SSSR count). The van der Waals surface area contributed by atoms with Gasteiger partial charge in [0.15, 0.2) is 0 Å². The number of fused-ring (bicyclic) bond motifs is 1. The summed E-state index contributed by atoms with van der Waals surface area (Å²) in [5.74, 6) is 0. The third kappa shape index (κ3) is 3.08. The number of halogens is 1. The quantitative estimate of drug-likeness (QED) is 0.799. The summed E-state index contributed by atoms with van der Waals surface area (Å²) in [6.45, 7) is 6.29. The maximum Gasteiger partial charge on any atom is 0.0738 e. The van der Waals surface area contributed by atoms with Crippen molar-refractivity contribution in [3.8, 4) is 0 Å². The summed E-state index contributed by atoms with van der Waals surface area (Å²) in [4.78, 5) is 4.29. The molecule has 0 fully saturated rings. The van der Waals surface area contributed by atoms with Crippen LogP contribution < -0.4 is 10.9 Å². The molecule has 3 nitrogen and oxygen atoms in total. The van der Waals surface area contributed by atoms with E-state index in [9.17, 15) is 0 Å². The molecule has 1 heterocycles. The number of hydrazine groups is 1. The second-order valence-corrected chi connectivity index (χ2v) is 5.46. The van der Waals surface area contributed by atoms with Crippen LogP contribution in [0.1, 0.15) is 20.8 Å². The van der Waals surface area contributed by atoms with E-state index in [1.165, 1.54) is 0 Å². The van der Waals surface area contributed by atoms with Crippen molar-refractivity contribution in [2.24, 2.45) is 0 Å². The van der Waals surface area contributed by atoms with Crippen molar-refractivity contribution < 1.29 is 0 Å². The highest BCUT2D eigenvalue weighted by molar-refractivity contribution is 6.31. The molecule has 0 spiro atoms. The third-order valence-electron chi connectivity index (χ3n) is 2.28. The first-order valence-corrected chi connectivity index (χ1v) is 5.91. The Labute approximate surface area is 106 Å². The van der Waals surface area contributed by atoms with Crippen molar-refractivity contribution >= 4 is 28.2 Å². The van der Waals surface area contributed by atoms with Gasteiger partial charge in [0.1, 0.15) is 0 Å². The molecule has 2 aromatic rings. The minimum absolute atomic E-state index is 0.00200. The minimum Gasteiger partial charge on any atom is -0.320 e. The first kappa shape index (κ1) is 12.1. The van der Waals surface area contributed by atoms with Crippen molar-refractivity contribution in [2.45, 2.75) is 26.3 Å². The Morgan fingerprint density at radius 1 is 1.18 bits per heavy atom. The van der Waals surface area contributed by atoms with Crippen LogP contribution in [0.5, 0.6) is 0 Å². The summed E-state index contributed by atoms with van der Waals surface area (Å²) in [6.07, 6.45) is 1.77. The molecule has 0 aliphatic heterocycles. The zero-order valence-corrected chi connectivity index (χ0v) is 11.0. The molecular formula is C13H16ClN3. The Kier molecular flexibility index (Phi) is 3.22. The molecule has 0 bridgehead atoms. The zero-order valence-electron chi connectivity index (χ0n) is 10.2. The Morgan fingerprint density at radius 3 is 2.65 bits per heavy atom. The van der Waals surface area contributed by atoms with Gasteiger partial charge in [-0.05, 0) is 45.0 Å². The van der Waals surface area contributed by atoms with E-state index in [2.05, 4.69) is 36.6 Å². The van der Waals surface area contributed by atoms with Crippen LogP contribution in [0.2, 0.25) is 5.02 Å². The second kappa shape index (κ2) is 4.51. The maximum atomic E-state index is 5.94. The summed E-state index contributed by atoms with van der Waals surface area (Å²) < 4.78 is 0. The molecule has 90 valence electrons. The Hall–Kier alpha value is -1.32. The van der Waals surface area contributed by atoms with Gasteiger partial charge in [0.25, 0.3) is 0 Å². The van der Waals surface area contributed by atoms with Crippen molar-refractivity contribution in [1.82, 2.24) is 10.4 Å². The predicted octanol–water partition coefficient (Wildman–Crippen LogP) is 3.60. The lowest BCUT2D eigenvalue weighted by atomic mass is 10.1. The summed E-state index contributed by atoms with van der Waals surface area (Å²) in [5, 5.41) is 1.75. The van der Waals surface area contributed by atoms with E-state index in [4.69, 9.17) is 11.6 Å². The zero-order chi connectivity index (χ0) is 12.5. The highest BCUT2D eigenvalue weighted by Crippen LogP contribution is 2.24. The van der Waals surface area contributed by atoms with Crippen molar-refractivity contribution in [3.63, 3.8) is 0 Å². The number of aromatic nitrogens is 1. The normalized spacial score (nSPS) is 11.8. The van der Waals surface area contributed by atoms with Gasteiger partial charge in [0.2, 0.25) is 0 Å². The van der Waals surface area contributed by atoms with Crippen LogP contribution >= 0.6 is 11.6 Å². The van der Waals surface area contributed by atoms with Crippen molar-refractivity contribution in [2.75, 3.05) is 5.43 Å². The van der Waals surface area contributed by atoms with E-state index < -0.39 is 0 Å². The highest BCUT2D eigenvalue weighted by Gasteiger charge is 2.09. The molecule has 4 heteroatoms. The summed E-state index contributed by atoms with van der Waals surface area (Å²) in [5.41, 5.74) is 8.34. The molecular weight excluding hydrogens is 234 g/mol. The van der Waals surface area contributed by atoms with Gasteiger partial charge in [0.05, 0.1) is 11.2 Å². The van der Waals surface area contributed by atoms with Crippen LogP contribution in [-0.4, -0.2) is 10.5 Å². The van der Waals surface area contributed by atoms with Crippen LogP contribution in [-0.2, 0) is 0 Å². The predicted molar refractivity (Wildman–Crippen MR) is 73.3 cm³/mol. The van der Waals surface area contributed by atoms with Gasteiger partial charge in [0, 0.05) is 22.1 Å². The topological polar surface area (TPSA) is 37.0 Å². The molecule has 0 saturated heterocycles. The monoisotopic (exact) mass is 249 g/mol. The van der Waals surface area contributed by atoms with Gasteiger partial charge < -0.3 is 5.43 Å². The van der Waals surface area contributed by atoms with E-state index in [1.54, 1.807) is 6.20 Å². The van der Waals surface area contributed by atoms with Gasteiger partial charge in [-0.2, -0.15) is 0 Å². The second-order valence-electron chi connectivity index (χ2n) is 5.02. The van der Waals surface area contributed by atoms with Crippen LogP contribution in [0.15, 0.2) is 30.5 Å². The number of rotatable bonds is 2. The van der Waals surface area contributed by atoms with Crippen LogP contribution in [0.3, 0.4) is 0 Å². The fourth-order valence-corrected chi connectivity index (χ4v) is 1.65. The molecule has 0 radical (unpaired) electrons. The molecule has 0 unspecified atom stereocenters. The van der Waals surface area contributed by atoms with E-state index in [1.807, 2.05) is 24.3 Å². The van der Waals surface area contributed by atoms with Gasteiger partial charge in [-0.25, -0.2) is 5.43 Å². The molecule has 2 N–H and O–H groups in total. The Balaban J connectivity index is 2.34. The number of anilines is 1. The number of nitrogens with zero attached hydrogens (tertiary/aromatic N) is 1. The first-order chi connectivity index (χ1) is 7.96. The summed E-state index contributed by atoms with van der Waals surface area (Å²) in [7, 11) is 0. The fourth-order valence-electron chi connectivity index (χ4n) is 1.49. The number of hydrogen-bond acceptors (Lipinski definition) is 3. The van der Waals surface area contributed by atoms with Gasteiger partial charge >= 0.3 is 0 Å². The lowest BCUT2D eigenvalue weighted by Crippen LogP contribution is -2.40. The number of benzene rings is 1. The van der Waals surface area contributed by atoms with Crippen molar-refractivity contribution in [3.05, 3.63) is 35.5 Å². The molecule has 0 saturated carbocycles. The van der Waals surface area contributed by atoms with Gasteiger partial charge in [-0.15, -0.1) is 0 Å². The number of hydrogen-bond donors (Lipinski definition) is 2. The first-order valence-electron chi connectivity index (χ1n) is 5.53. The van der Waals surface area contributed by atoms with E-state index in [0.717, 1.165) is 16.6 Å². The molecule has 1 aromatic heterocycles. The molecule has 0 aliphatic carbocycles. The Morgan fingerprint density at radius 2 is 1.94 bits per heavy atom. The lowest BCUT2D eigenvalue weighted by Gasteiger charge is -2.22. The fraction of sp³-hybridized carbons (Fsp3) is 0.308. The summed E-state index contributed by atoms with van der Waals surface area (Å²) >= 11 is 5.94. The minimum atomic E-state index is 0.00200. The largest absolute Gasteiger partial charge is 0.320 e.